The van der Waals surface area contributed by atoms with Gasteiger partial charge in [-0.2, -0.15) is 0 Å². The zero-order valence-corrected chi connectivity index (χ0v) is 12.7. The number of hydrogen-bond acceptors (Lipinski definition) is 2. The van der Waals surface area contributed by atoms with Crippen molar-refractivity contribution in [3.63, 3.8) is 0 Å². The lowest BCUT2D eigenvalue weighted by Gasteiger charge is -2.25. The summed E-state index contributed by atoms with van der Waals surface area (Å²) in [5, 5.41) is 4.43. The normalized spacial score (nSPS) is 27.4. The molecule has 2 heteroatoms. The number of hydrogen-bond donors (Lipinski definition) is 1. The van der Waals surface area contributed by atoms with Gasteiger partial charge < -0.3 is 5.32 Å². The van der Waals surface area contributed by atoms with Crippen molar-refractivity contribution >= 4 is 11.8 Å². The fraction of sp³-hybridized carbons (Fsp3) is 0.647. The van der Waals surface area contributed by atoms with E-state index in [9.17, 15) is 0 Å². The van der Waals surface area contributed by atoms with Gasteiger partial charge in [0.2, 0.25) is 0 Å². The number of benzene rings is 1. The molecule has 2 aliphatic rings. The Morgan fingerprint density at radius 2 is 1.68 bits per heavy atom. The molecule has 2 aliphatic carbocycles. The van der Waals surface area contributed by atoms with E-state index in [-0.39, 0.29) is 0 Å². The average molecular weight is 275 g/mol. The first-order valence-corrected chi connectivity index (χ1v) is 8.66. The van der Waals surface area contributed by atoms with Gasteiger partial charge in [0.1, 0.15) is 0 Å². The summed E-state index contributed by atoms with van der Waals surface area (Å²) in [7, 11) is 0. The molecule has 0 aromatic heterocycles. The van der Waals surface area contributed by atoms with Crippen LogP contribution in [-0.4, -0.2) is 11.3 Å². The Balaban J connectivity index is 1.47. The quantitative estimate of drug-likeness (QED) is 0.842. The summed E-state index contributed by atoms with van der Waals surface area (Å²) in [5.41, 5.74) is 1.42. The predicted octanol–water partition coefficient (Wildman–Crippen LogP) is 4.61. The van der Waals surface area contributed by atoms with E-state index in [2.05, 4.69) is 48.3 Å². The van der Waals surface area contributed by atoms with Crippen molar-refractivity contribution in [1.82, 2.24) is 5.32 Å². The average Bonchev–Trinajstić information content (AvgIpc) is 3.25. The van der Waals surface area contributed by atoms with Crippen LogP contribution in [0.4, 0.5) is 0 Å². The molecule has 0 bridgehead atoms. The van der Waals surface area contributed by atoms with Crippen LogP contribution in [0.2, 0.25) is 0 Å². The topological polar surface area (TPSA) is 12.0 Å². The van der Waals surface area contributed by atoms with Crippen LogP contribution in [0.5, 0.6) is 0 Å². The van der Waals surface area contributed by atoms with E-state index in [1.165, 1.54) is 49.0 Å². The first-order valence-electron chi connectivity index (χ1n) is 7.78. The summed E-state index contributed by atoms with van der Waals surface area (Å²) >= 11 is 2.09. The molecule has 0 radical (unpaired) electrons. The van der Waals surface area contributed by atoms with Crippen LogP contribution in [0, 0.1) is 5.92 Å². The molecule has 0 unspecified atom stereocenters. The molecule has 2 saturated carbocycles. The monoisotopic (exact) mass is 275 g/mol. The molecule has 19 heavy (non-hydrogen) atoms. The SMILES string of the molecule is CC1CCC(Sc2ccc(CNC3CC3)cc2)CC1. The molecular formula is C17H25NS. The minimum absolute atomic E-state index is 0.804. The molecule has 0 saturated heterocycles. The Bertz CT molecular complexity index is 388. The summed E-state index contributed by atoms with van der Waals surface area (Å²) < 4.78 is 0. The van der Waals surface area contributed by atoms with Gasteiger partial charge >= 0.3 is 0 Å². The Morgan fingerprint density at radius 3 is 2.32 bits per heavy atom. The second-order valence-corrected chi connectivity index (χ2v) is 7.67. The van der Waals surface area contributed by atoms with E-state index >= 15 is 0 Å². The Hall–Kier alpha value is -0.470. The highest BCUT2D eigenvalue weighted by Crippen LogP contribution is 2.35. The summed E-state index contributed by atoms with van der Waals surface area (Å²) in [6.45, 7) is 3.43. The minimum atomic E-state index is 0.804. The largest absolute Gasteiger partial charge is 0.310 e. The smallest absolute Gasteiger partial charge is 0.0208 e. The molecule has 0 atom stereocenters. The molecule has 0 amide bonds. The molecular weight excluding hydrogens is 250 g/mol. The third-order valence-electron chi connectivity index (χ3n) is 4.36. The second kappa shape index (κ2) is 6.32. The van der Waals surface area contributed by atoms with Gasteiger partial charge in [0, 0.05) is 22.7 Å². The standard InChI is InChI=1S/C17H25NS/c1-13-2-8-16(9-3-13)19-17-10-4-14(5-11-17)12-18-15-6-7-15/h4-5,10-11,13,15-16,18H,2-3,6-9,12H2,1H3. The fourth-order valence-corrected chi connectivity index (χ4v) is 3.96. The maximum atomic E-state index is 3.57. The van der Waals surface area contributed by atoms with Crippen LogP contribution in [0.1, 0.15) is 51.0 Å². The number of rotatable bonds is 5. The number of thioether (sulfide) groups is 1. The highest BCUT2D eigenvalue weighted by Gasteiger charge is 2.20. The summed E-state index contributed by atoms with van der Waals surface area (Å²) in [4.78, 5) is 1.45. The maximum Gasteiger partial charge on any atom is 0.0208 e. The molecule has 1 N–H and O–H groups in total. The van der Waals surface area contributed by atoms with Gasteiger partial charge in [-0.05, 0) is 62.1 Å². The molecule has 104 valence electrons. The molecule has 0 spiro atoms. The van der Waals surface area contributed by atoms with E-state index < -0.39 is 0 Å². The van der Waals surface area contributed by atoms with Crippen LogP contribution in [0.15, 0.2) is 29.2 Å². The highest BCUT2D eigenvalue weighted by atomic mass is 32.2. The molecule has 1 aromatic carbocycles. The Morgan fingerprint density at radius 1 is 1.00 bits per heavy atom. The van der Waals surface area contributed by atoms with Crippen molar-refractivity contribution in [1.29, 1.82) is 0 Å². The maximum absolute atomic E-state index is 3.57. The van der Waals surface area contributed by atoms with E-state index in [0.717, 1.165) is 23.8 Å². The molecule has 1 nitrogen and oxygen atoms in total. The lowest BCUT2D eigenvalue weighted by molar-refractivity contribution is 0.393. The fourth-order valence-electron chi connectivity index (χ4n) is 2.78. The van der Waals surface area contributed by atoms with Gasteiger partial charge in [-0.25, -0.2) is 0 Å². The van der Waals surface area contributed by atoms with E-state index in [1.807, 2.05) is 0 Å². The molecule has 2 fully saturated rings. The third-order valence-corrected chi connectivity index (χ3v) is 5.71. The van der Waals surface area contributed by atoms with Gasteiger partial charge in [0.25, 0.3) is 0 Å². The molecule has 1 aromatic rings. The van der Waals surface area contributed by atoms with Gasteiger partial charge in [0.15, 0.2) is 0 Å². The predicted molar refractivity (Wildman–Crippen MR) is 83.6 cm³/mol. The molecule has 3 rings (SSSR count). The van der Waals surface area contributed by atoms with Crippen molar-refractivity contribution in [3.05, 3.63) is 29.8 Å². The van der Waals surface area contributed by atoms with Crippen LogP contribution in [0.25, 0.3) is 0 Å². The first-order chi connectivity index (χ1) is 9.29. The van der Waals surface area contributed by atoms with E-state index in [0.29, 0.717) is 0 Å². The lowest BCUT2D eigenvalue weighted by atomic mass is 9.91. The van der Waals surface area contributed by atoms with E-state index in [1.54, 1.807) is 0 Å². The highest BCUT2D eigenvalue weighted by molar-refractivity contribution is 8.00. The zero-order valence-electron chi connectivity index (χ0n) is 11.9. The van der Waals surface area contributed by atoms with Crippen LogP contribution in [0.3, 0.4) is 0 Å². The van der Waals surface area contributed by atoms with Gasteiger partial charge in [-0.3, -0.25) is 0 Å². The van der Waals surface area contributed by atoms with Gasteiger partial charge in [-0.15, -0.1) is 11.8 Å². The Kier molecular flexibility index (Phi) is 4.49. The second-order valence-electron chi connectivity index (χ2n) is 6.30. The van der Waals surface area contributed by atoms with E-state index in [4.69, 9.17) is 0 Å². The molecule has 0 heterocycles. The van der Waals surface area contributed by atoms with Crippen molar-refractivity contribution in [2.45, 2.75) is 68.2 Å². The van der Waals surface area contributed by atoms with Crippen LogP contribution in [-0.2, 0) is 6.54 Å². The van der Waals surface area contributed by atoms with Gasteiger partial charge in [0.05, 0.1) is 0 Å². The lowest BCUT2D eigenvalue weighted by Crippen LogP contribution is -2.15. The van der Waals surface area contributed by atoms with Crippen molar-refractivity contribution in [3.8, 4) is 0 Å². The van der Waals surface area contributed by atoms with Crippen molar-refractivity contribution in [2.75, 3.05) is 0 Å². The van der Waals surface area contributed by atoms with Gasteiger partial charge in [-0.1, -0.05) is 19.1 Å². The third kappa shape index (κ3) is 4.25. The first kappa shape index (κ1) is 13.5. The summed E-state index contributed by atoms with van der Waals surface area (Å²) in [5.74, 6) is 0.952. The molecule has 0 aliphatic heterocycles. The van der Waals surface area contributed by atoms with Crippen molar-refractivity contribution < 1.29 is 0 Å². The Labute approximate surface area is 121 Å². The summed E-state index contributed by atoms with van der Waals surface area (Å²) in [6, 6.07) is 10.0. The minimum Gasteiger partial charge on any atom is -0.310 e. The summed E-state index contributed by atoms with van der Waals surface area (Å²) in [6.07, 6.45) is 8.37. The number of nitrogens with one attached hydrogen (secondary N) is 1. The van der Waals surface area contributed by atoms with Crippen LogP contribution < -0.4 is 5.32 Å². The van der Waals surface area contributed by atoms with Crippen LogP contribution >= 0.6 is 11.8 Å². The van der Waals surface area contributed by atoms with Crippen molar-refractivity contribution in [2.24, 2.45) is 5.92 Å². The zero-order chi connectivity index (χ0) is 13.1.